The van der Waals surface area contributed by atoms with Crippen LogP contribution in [0.3, 0.4) is 0 Å². The van der Waals surface area contributed by atoms with E-state index in [2.05, 4.69) is 22.5 Å². The van der Waals surface area contributed by atoms with Gasteiger partial charge in [-0.15, -0.1) is 6.58 Å². The van der Waals surface area contributed by atoms with E-state index in [1.54, 1.807) is 32.4 Å². The van der Waals surface area contributed by atoms with Crippen LogP contribution >= 0.6 is 0 Å². The monoisotopic (exact) mass is 481 g/mol. The lowest BCUT2D eigenvalue weighted by Gasteiger charge is -2.19. The largest absolute Gasteiger partial charge is 0.493 e. The Morgan fingerprint density at radius 3 is 2.49 bits per heavy atom. The first-order chi connectivity index (χ1) is 16.8. The van der Waals surface area contributed by atoms with Crippen molar-refractivity contribution in [3.8, 4) is 28.4 Å². The number of rotatable bonds is 9. The number of anilines is 1. The molecule has 1 aliphatic carbocycles. The fourth-order valence-corrected chi connectivity index (χ4v) is 4.28. The third-order valence-electron chi connectivity index (χ3n) is 5.80. The Morgan fingerprint density at radius 2 is 1.86 bits per heavy atom. The Balaban J connectivity index is 2.21. The minimum atomic E-state index is -0.402. The van der Waals surface area contributed by atoms with Crippen LogP contribution in [0.15, 0.2) is 41.7 Å². The molecule has 0 aliphatic heterocycles. The summed E-state index contributed by atoms with van der Waals surface area (Å²) < 4.78 is 16.9. The molecule has 9 nitrogen and oxygen atoms in total. The number of hydrogen-bond acceptors (Lipinski definition) is 7. The van der Waals surface area contributed by atoms with Crippen molar-refractivity contribution in [1.29, 1.82) is 0 Å². The minimum absolute atomic E-state index is 0.0716. The zero-order valence-electron chi connectivity index (χ0n) is 20.4. The molecule has 0 fully saturated rings. The molecule has 2 aromatic rings. The van der Waals surface area contributed by atoms with E-state index in [-0.39, 0.29) is 29.5 Å². The molecule has 0 radical (unpaired) electrons. The van der Waals surface area contributed by atoms with Crippen LogP contribution < -0.4 is 35.6 Å². The van der Waals surface area contributed by atoms with Gasteiger partial charge in [0.1, 0.15) is 0 Å². The maximum atomic E-state index is 13.2. The lowest BCUT2D eigenvalue weighted by molar-refractivity contribution is -0.120. The number of nitrogens with one attached hydrogen (secondary N) is 3. The smallest absolute Gasteiger partial charge is 0.239 e. The van der Waals surface area contributed by atoms with Gasteiger partial charge in [-0.3, -0.25) is 14.4 Å². The molecule has 9 heteroatoms. The second-order valence-corrected chi connectivity index (χ2v) is 8.04. The molecule has 1 atom stereocenters. The summed E-state index contributed by atoms with van der Waals surface area (Å²) >= 11 is 0. The van der Waals surface area contributed by atoms with Gasteiger partial charge in [0, 0.05) is 19.0 Å². The first-order valence-electron chi connectivity index (χ1n) is 11.2. The zero-order valence-corrected chi connectivity index (χ0v) is 20.4. The van der Waals surface area contributed by atoms with E-state index in [0.717, 1.165) is 16.7 Å². The van der Waals surface area contributed by atoms with E-state index < -0.39 is 6.04 Å². The summed E-state index contributed by atoms with van der Waals surface area (Å²) in [5.74, 6) is 0.968. The van der Waals surface area contributed by atoms with E-state index in [4.69, 9.17) is 14.2 Å². The van der Waals surface area contributed by atoms with Gasteiger partial charge in [0.15, 0.2) is 11.5 Å². The van der Waals surface area contributed by atoms with Gasteiger partial charge >= 0.3 is 0 Å². The second-order valence-electron chi connectivity index (χ2n) is 8.04. The predicted molar refractivity (Wildman–Crippen MR) is 134 cm³/mol. The van der Waals surface area contributed by atoms with Crippen LogP contribution in [0.1, 0.15) is 30.5 Å². The lowest BCUT2D eigenvalue weighted by Crippen LogP contribution is -2.30. The van der Waals surface area contributed by atoms with Crippen molar-refractivity contribution >= 4 is 17.5 Å². The van der Waals surface area contributed by atoms with Crippen molar-refractivity contribution in [2.75, 3.05) is 39.7 Å². The average molecular weight is 482 g/mol. The highest BCUT2D eigenvalue weighted by atomic mass is 16.5. The summed E-state index contributed by atoms with van der Waals surface area (Å²) in [5, 5.41) is 8.54. The van der Waals surface area contributed by atoms with E-state index >= 15 is 0 Å². The number of fused-ring (bicyclic) bond motifs is 3. The quantitative estimate of drug-likeness (QED) is 0.472. The van der Waals surface area contributed by atoms with Crippen LogP contribution in [-0.2, 0) is 16.0 Å². The molecular formula is C26H31N3O6. The third kappa shape index (κ3) is 5.56. The average Bonchev–Trinajstić information content (AvgIpc) is 3.08. The van der Waals surface area contributed by atoms with Crippen LogP contribution in [0.25, 0.3) is 11.1 Å². The predicted octanol–water partition coefficient (Wildman–Crippen LogP) is 2.58. The molecule has 0 bridgehead atoms. The molecule has 1 unspecified atom stereocenters. The molecule has 0 saturated carbocycles. The SMILES string of the molecule is C=CCNC(=O)CNc1ccc2c(cc1=O)C(NC(C)=O)CCc1cc(OC)c(OC)c(OC)c1-2. The molecule has 3 N–H and O–H groups in total. The molecule has 0 heterocycles. The van der Waals surface area contributed by atoms with Crippen LogP contribution in [0.2, 0.25) is 0 Å². The van der Waals surface area contributed by atoms with Gasteiger partial charge in [-0.2, -0.15) is 0 Å². The minimum Gasteiger partial charge on any atom is -0.493 e. The standard InChI is InChI=1S/C26H31N3O6/c1-6-11-27-23(32)14-28-20-10-8-17-18(13-21(20)31)19(29-15(2)30)9-7-16-12-22(33-3)25(34-4)26(35-5)24(16)17/h6,8,10,12-13,19H,1,7,9,11,14H2,2-5H3,(H,27,32)(H,28,31)(H,29,30). The molecule has 0 spiro atoms. The number of aryl methyl sites for hydroxylation is 1. The molecule has 2 aromatic carbocycles. The Kier molecular flexibility index (Phi) is 8.35. The van der Waals surface area contributed by atoms with Crippen molar-refractivity contribution in [2.24, 2.45) is 0 Å². The highest BCUT2D eigenvalue weighted by molar-refractivity contribution is 5.84. The molecule has 0 aromatic heterocycles. The molecule has 1 aliphatic rings. The lowest BCUT2D eigenvalue weighted by atomic mass is 9.95. The van der Waals surface area contributed by atoms with Gasteiger partial charge in [-0.1, -0.05) is 12.1 Å². The Labute approximate surface area is 204 Å². The summed E-state index contributed by atoms with van der Waals surface area (Å²) in [6.07, 6.45) is 2.75. The van der Waals surface area contributed by atoms with Crippen molar-refractivity contribution < 1.29 is 23.8 Å². The highest BCUT2D eigenvalue weighted by Gasteiger charge is 2.29. The molecule has 2 amide bonds. The Morgan fingerprint density at radius 1 is 1.11 bits per heavy atom. The maximum Gasteiger partial charge on any atom is 0.239 e. The van der Waals surface area contributed by atoms with Crippen LogP contribution in [0, 0.1) is 0 Å². The van der Waals surface area contributed by atoms with Gasteiger partial charge in [0.2, 0.25) is 23.0 Å². The summed E-state index contributed by atoms with van der Waals surface area (Å²) in [6.45, 7) is 5.27. The van der Waals surface area contributed by atoms with Crippen molar-refractivity contribution in [2.45, 2.75) is 25.8 Å². The summed E-state index contributed by atoms with van der Waals surface area (Å²) in [4.78, 5) is 37.2. The Bertz CT molecular complexity index is 1190. The first-order valence-corrected chi connectivity index (χ1v) is 11.2. The van der Waals surface area contributed by atoms with Gasteiger partial charge < -0.3 is 30.2 Å². The molecule has 3 rings (SSSR count). The molecular weight excluding hydrogens is 450 g/mol. The van der Waals surface area contributed by atoms with Gasteiger partial charge in [0.25, 0.3) is 0 Å². The van der Waals surface area contributed by atoms with Crippen LogP contribution in [-0.4, -0.2) is 46.2 Å². The molecule has 0 saturated heterocycles. The summed E-state index contributed by atoms with van der Waals surface area (Å²) in [6, 6.07) is 6.43. The van der Waals surface area contributed by atoms with Crippen molar-refractivity contribution in [3.63, 3.8) is 0 Å². The number of carbonyl (C=O) groups excluding carboxylic acids is 2. The van der Waals surface area contributed by atoms with Crippen LogP contribution in [0.5, 0.6) is 17.2 Å². The number of ether oxygens (including phenoxy) is 3. The van der Waals surface area contributed by atoms with E-state index in [1.165, 1.54) is 20.1 Å². The summed E-state index contributed by atoms with van der Waals surface area (Å²) in [7, 11) is 4.64. The molecule has 186 valence electrons. The van der Waals surface area contributed by atoms with Crippen molar-refractivity contribution in [1.82, 2.24) is 10.6 Å². The maximum absolute atomic E-state index is 13.2. The van der Waals surface area contributed by atoms with E-state index in [0.29, 0.717) is 42.2 Å². The number of hydrogen-bond donors (Lipinski definition) is 3. The topological polar surface area (TPSA) is 115 Å². The van der Waals surface area contributed by atoms with Gasteiger partial charge in [-0.25, -0.2) is 0 Å². The number of benzene rings is 1. The van der Waals surface area contributed by atoms with Crippen molar-refractivity contribution in [3.05, 3.63) is 58.3 Å². The highest BCUT2D eigenvalue weighted by Crippen LogP contribution is 2.50. The zero-order chi connectivity index (χ0) is 25.5. The number of carbonyl (C=O) groups is 2. The number of amides is 2. The molecule has 35 heavy (non-hydrogen) atoms. The normalized spacial score (nSPS) is 13.9. The fraction of sp³-hybridized carbons (Fsp3) is 0.346. The third-order valence-corrected chi connectivity index (χ3v) is 5.80. The fourth-order valence-electron chi connectivity index (χ4n) is 4.28. The summed E-state index contributed by atoms with van der Waals surface area (Å²) in [5.41, 5.74) is 3.02. The first kappa shape index (κ1) is 25.6. The van der Waals surface area contributed by atoms with E-state index in [1.807, 2.05) is 6.07 Å². The van der Waals surface area contributed by atoms with Crippen LogP contribution in [0.4, 0.5) is 5.69 Å². The van der Waals surface area contributed by atoms with Gasteiger partial charge in [-0.05, 0) is 47.7 Å². The van der Waals surface area contributed by atoms with Gasteiger partial charge in [0.05, 0.1) is 39.6 Å². The Hall–Kier alpha value is -4.01. The van der Waals surface area contributed by atoms with E-state index in [9.17, 15) is 14.4 Å². The number of methoxy groups -OCH3 is 3. The second kappa shape index (κ2) is 11.4.